The van der Waals surface area contributed by atoms with Gasteiger partial charge in [-0.3, -0.25) is 0 Å². The van der Waals surface area contributed by atoms with Crippen molar-refractivity contribution in [3.8, 4) is 0 Å². The average molecular weight is 113 g/mol. The van der Waals surface area contributed by atoms with Crippen LogP contribution in [0.25, 0.3) is 0 Å². The second kappa shape index (κ2) is 2.96. The van der Waals surface area contributed by atoms with E-state index in [1.54, 1.807) is 7.05 Å². The highest BCUT2D eigenvalue weighted by atomic mass is 15.1. The molecule has 4 N–H and O–H groups in total. The summed E-state index contributed by atoms with van der Waals surface area (Å²) in [4.78, 5) is 0. The molecule has 0 saturated carbocycles. The smallest absolute Gasteiger partial charge is 0.0965 e. The predicted octanol–water partition coefficient (Wildman–Crippen LogP) is -0.303. The summed E-state index contributed by atoms with van der Waals surface area (Å²) in [7, 11) is 1.75. The molecule has 46 valence electrons. The van der Waals surface area contributed by atoms with Crippen molar-refractivity contribution in [1.82, 2.24) is 10.6 Å². The summed E-state index contributed by atoms with van der Waals surface area (Å²) in [5.74, 6) is 1.04. The molecule has 0 atom stereocenters. The topological polar surface area (TPSA) is 50.1 Å². The van der Waals surface area contributed by atoms with Crippen LogP contribution in [-0.4, -0.2) is 7.05 Å². The van der Waals surface area contributed by atoms with Crippen LogP contribution in [0.2, 0.25) is 0 Å². The largest absolute Gasteiger partial charge is 0.386 e. The highest BCUT2D eigenvalue weighted by Crippen LogP contribution is 1.74. The molecule has 3 nitrogen and oxygen atoms in total. The van der Waals surface area contributed by atoms with E-state index in [0.717, 1.165) is 0 Å². The molecule has 0 amide bonds. The fraction of sp³-hybridized carbons (Fsp3) is 0.200. The summed E-state index contributed by atoms with van der Waals surface area (Å²) < 4.78 is 0. The molecule has 0 saturated heterocycles. The maximum Gasteiger partial charge on any atom is 0.0965 e. The molecule has 0 bridgehead atoms. The third-order valence-corrected chi connectivity index (χ3v) is 0.613. The van der Waals surface area contributed by atoms with Gasteiger partial charge in [0.15, 0.2) is 0 Å². The van der Waals surface area contributed by atoms with Crippen molar-refractivity contribution in [3.05, 3.63) is 24.8 Å². The molecule has 0 aliphatic rings. The van der Waals surface area contributed by atoms with Gasteiger partial charge in [-0.15, -0.1) is 0 Å². The molecule has 0 radical (unpaired) electrons. The zero-order valence-electron chi connectivity index (χ0n) is 4.99. The fourth-order valence-corrected chi connectivity index (χ4v) is 0.256. The first-order chi connectivity index (χ1) is 3.66. The molecule has 8 heavy (non-hydrogen) atoms. The van der Waals surface area contributed by atoms with Crippen LogP contribution < -0.4 is 16.4 Å². The van der Waals surface area contributed by atoms with E-state index >= 15 is 0 Å². The minimum absolute atomic E-state index is 0.393. The lowest BCUT2D eigenvalue weighted by molar-refractivity contribution is 0.833. The normalized spacial score (nSPS) is 7.62. The maximum atomic E-state index is 5.16. The minimum Gasteiger partial charge on any atom is -0.386 e. The number of nitrogens with two attached hydrogens (primary N) is 1. The number of nitrogens with one attached hydrogen (secondary N) is 2. The first kappa shape index (κ1) is 6.88. The summed E-state index contributed by atoms with van der Waals surface area (Å²) in [5, 5.41) is 5.42. The van der Waals surface area contributed by atoms with Gasteiger partial charge in [0, 0.05) is 7.05 Å². The monoisotopic (exact) mass is 113 g/mol. The van der Waals surface area contributed by atoms with Gasteiger partial charge < -0.3 is 16.4 Å². The van der Waals surface area contributed by atoms with Crippen LogP contribution >= 0.6 is 0 Å². The Hall–Kier alpha value is -1.12. The number of hydrogen-bond donors (Lipinski definition) is 3. The van der Waals surface area contributed by atoms with E-state index in [1.807, 2.05) is 0 Å². The van der Waals surface area contributed by atoms with Crippen LogP contribution in [0, 0.1) is 0 Å². The van der Waals surface area contributed by atoms with Gasteiger partial charge in [0.25, 0.3) is 0 Å². The minimum atomic E-state index is 0.393. The predicted molar refractivity (Wildman–Crippen MR) is 34.7 cm³/mol. The Morgan fingerprint density at radius 1 is 1.50 bits per heavy atom. The molecule has 0 spiro atoms. The Morgan fingerprint density at radius 2 is 2.00 bits per heavy atom. The van der Waals surface area contributed by atoms with Crippen LogP contribution in [0.3, 0.4) is 0 Å². The molecule has 0 aliphatic carbocycles. The highest BCUT2D eigenvalue weighted by Gasteiger charge is 1.83. The van der Waals surface area contributed by atoms with E-state index < -0.39 is 0 Å². The molecular weight excluding hydrogens is 102 g/mol. The first-order valence-corrected chi connectivity index (χ1v) is 2.25. The molecule has 0 rings (SSSR count). The van der Waals surface area contributed by atoms with E-state index in [2.05, 4.69) is 23.8 Å². The van der Waals surface area contributed by atoms with Gasteiger partial charge >= 0.3 is 0 Å². The van der Waals surface area contributed by atoms with Crippen molar-refractivity contribution in [1.29, 1.82) is 0 Å². The Morgan fingerprint density at radius 3 is 2.12 bits per heavy atom. The van der Waals surface area contributed by atoms with Gasteiger partial charge in [-0.25, -0.2) is 0 Å². The fourth-order valence-electron chi connectivity index (χ4n) is 0.256. The zero-order valence-corrected chi connectivity index (χ0v) is 4.99. The van der Waals surface area contributed by atoms with Crippen molar-refractivity contribution in [2.24, 2.45) is 5.73 Å². The number of hydrogen-bond acceptors (Lipinski definition) is 3. The van der Waals surface area contributed by atoms with Gasteiger partial charge in [0.2, 0.25) is 0 Å². The van der Waals surface area contributed by atoms with Crippen molar-refractivity contribution < 1.29 is 0 Å². The highest BCUT2D eigenvalue weighted by molar-refractivity contribution is 4.97. The van der Waals surface area contributed by atoms with E-state index in [9.17, 15) is 0 Å². The third kappa shape index (κ3) is 3.08. The van der Waals surface area contributed by atoms with E-state index in [1.165, 1.54) is 0 Å². The van der Waals surface area contributed by atoms with E-state index in [4.69, 9.17) is 5.73 Å². The summed E-state index contributed by atoms with van der Waals surface area (Å²) in [6, 6.07) is 0. The molecule has 3 heteroatoms. The Labute approximate surface area is 49.3 Å². The summed E-state index contributed by atoms with van der Waals surface area (Å²) in [6.45, 7) is 6.96. The molecule has 0 unspecified atom stereocenters. The first-order valence-electron chi connectivity index (χ1n) is 2.25. The lowest BCUT2D eigenvalue weighted by atomic mass is 10.7. The van der Waals surface area contributed by atoms with Gasteiger partial charge in [-0.2, -0.15) is 0 Å². The zero-order chi connectivity index (χ0) is 6.57. The van der Waals surface area contributed by atoms with Crippen LogP contribution in [0.15, 0.2) is 24.8 Å². The Kier molecular flexibility index (Phi) is 2.54. The van der Waals surface area contributed by atoms with E-state index in [0.29, 0.717) is 11.6 Å². The van der Waals surface area contributed by atoms with Crippen LogP contribution in [-0.2, 0) is 0 Å². The number of rotatable bonds is 3. The Balaban J connectivity index is 3.40. The molecule has 0 aromatic rings. The van der Waals surface area contributed by atoms with Gasteiger partial charge in [0.05, 0.1) is 11.6 Å². The van der Waals surface area contributed by atoms with Crippen LogP contribution in [0.1, 0.15) is 0 Å². The summed E-state index contributed by atoms with van der Waals surface area (Å²) in [6.07, 6.45) is 0. The standard InChI is InChI=1S/C5H11N3/c1-4(6)8-5(2)7-3/h7-8H,1-2,6H2,3H3. The molecule has 0 aliphatic heterocycles. The second-order valence-corrected chi connectivity index (χ2v) is 1.38. The molecule has 0 aromatic heterocycles. The van der Waals surface area contributed by atoms with Crippen molar-refractivity contribution in [2.75, 3.05) is 7.05 Å². The SMILES string of the molecule is C=C(N)NC(=C)NC. The lowest BCUT2D eigenvalue weighted by Gasteiger charge is -2.05. The summed E-state index contributed by atoms with van der Waals surface area (Å²) in [5.41, 5.74) is 5.16. The van der Waals surface area contributed by atoms with Crippen molar-refractivity contribution in [2.45, 2.75) is 0 Å². The Bertz CT molecular complexity index is 106. The average Bonchev–Trinajstić information content (AvgIpc) is 1.65. The lowest BCUT2D eigenvalue weighted by Crippen LogP contribution is -2.24. The second-order valence-electron chi connectivity index (χ2n) is 1.38. The molecule has 0 fully saturated rings. The van der Waals surface area contributed by atoms with Crippen molar-refractivity contribution >= 4 is 0 Å². The van der Waals surface area contributed by atoms with E-state index in [-0.39, 0.29) is 0 Å². The van der Waals surface area contributed by atoms with Gasteiger partial charge in [-0.1, -0.05) is 13.2 Å². The maximum absolute atomic E-state index is 5.16. The van der Waals surface area contributed by atoms with Crippen LogP contribution in [0.4, 0.5) is 0 Å². The van der Waals surface area contributed by atoms with Crippen molar-refractivity contribution in [3.63, 3.8) is 0 Å². The van der Waals surface area contributed by atoms with Gasteiger partial charge in [0.1, 0.15) is 0 Å². The quantitative estimate of drug-likeness (QED) is 0.471. The molecular formula is C5H11N3. The van der Waals surface area contributed by atoms with Crippen LogP contribution in [0.5, 0.6) is 0 Å². The molecule has 0 aromatic carbocycles. The third-order valence-electron chi connectivity index (χ3n) is 0.613. The molecule has 0 heterocycles. The van der Waals surface area contributed by atoms with Gasteiger partial charge in [-0.05, 0) is 0 Å². The summed E-state index contributed by atoms with van der Waals surface area (Å²) >= 11 is 0.